The molecule has 6 rings (SSSR count). The van der Waals surface area contributed by atoms with Gasteiger partial charge in [-0.3, -0.25) is 0 Å². The van der Waals surface area contributed by atoms with E-state index in [1.54, 1.807) is 12.1 Å². The molecule has 2 aromatic carbocycles. The summed E-state index contributed by atoms with van der Waals surface area (Å²) in [5.74, 6) is -0.287. The third-order valence-electron chi connectivity index (χ3n) is 6.74. The minimum absolute atomic E-state index is 0.183. The number of nitrogens with one attached hydrogen (secondary N) is 1. The van der Waals surface area contributed by atoms with E-state index < -0.39 is 0 Å². The summed E-state index contributed by atoms with van der Waals surface area (Å²) in [5, 5.41) is 4.31. The highest BCUT2D eigenvalue weighted by molar-refractivity contribution is 9.10. The van der Waals surface area contributed by atoms with E-state index in [1.807, 2.05) is 46.6 Å². The maximum atomic E-state index is 13.9. The van der Waals surface area contributed by atoms with Gasteiger partial charge >= 0.3 is 6.03 Å². The van der Waals surface area contributed by atoms with Crippen LogP contribution in [0.1, 0.15) is 46.1 Å². The molecule has 4 nitrogen and oxygen atoms in total. The zero-order valence-corrected chi connectivity index (χ0v) is 20.8. The van der Waals surface area contributed by atoms with Gasteiger partial charge in [0.2, 0.25) is 0 Å². The Bertz CT molecular complexity index is 1380. The number of urea groups is 1. The van der Waals surface area contributed by atoms with Crippen LogP contribution in [0, 0.1) is 5.82 Å². The summed E-state index contributed by atoms with van der Waals surface area (Å²) in [5.41, 5.74) is 5.25. The number of carbonyl (C=O) groups is 1. The van der Waals surface area contributed by atoms with Crippen molar-refractivity contribution in [2.45, 2.75) is 38.3 Å². The highest BCUT2D eigenvalue weighted by atomic mass is 79.9. The maximum Gasteiger partial charge on any atom is 0.323 e. The topological polar surface area (TPSA) is 37.3 Å². The monoisotopic (exact) mass is 535 g/mol. The Morgan fingerprint density at radius 1 is 1.00 bits per heavy atom. The number of hydrogen-bond acceptors (Lipinski definition) is 2. The zero-order valence-electron chi connectivity index (χ0n) is 18.4. The molecule has 0 bridgehead atoms. The number of carbonyl (C=O) groups excluding carboxylic acids is 1. The van der Waals surface area contributed by atoms with Crippen LogP contribution in [0.2, 0.25) is 0 Å². The van der Waals surface area contributed by atoms with Gasteiger partial charge in [-0.2, -0.15) is 0 Å². The maximum absolute atomic E-state index is 13.9. The van der Waals surface area contributed by atoms with Crippen molar-refractivity contribution in [2.75, 3.05) is 5.32 Å². The van der Waals surface area contributed by atoms with Crippen LogP contribution in [0.4, 0.5) is 14.9 Å². The van der Waals surface area contributed by atoms with Crippen LogP contribution in [0.5, 0.6) is 0 Å². The number of amides is 2. The molecule has 0 fully saturated rings. The predicted molar refractivity (Wildman–Crippen MR) is 137 cm³/mol. The molecule has 0 saturated heterocycles. The van der Waals surface area contributed by atoms with Crippen LogP contribution in [-0.2, 0) is 19.4 Å². The first-order valence-corrected chi connectivity index (χ1v) is 13.1. The van der Waals surface area contributed by atoms with E-state index in [-0.39, 0.29) is 17.9 Å². The summed E-state index contributed by atoms with van der Waals surface area (Å²) >= 11 is 5.40. The SMILES string of the molecule is O=C(Nc1ccccc1Br)N1Cc2c(sc3c2CCCC3)-n2cccc2[C@@H]1c1ccc(F)cc1. The van der Waals surface area contributed by atoms with Gasteiger partial charge < -0.3 is 14.8 Å². The number of anilines is 1. The van der Waals surface area contributed by atoms with Gasteiger partial charge in [-0.15, -0.1) is 11.3 Å². The third-order valence-corrected chi connectivity index (χ3v) is 8.77. The van der Waals surface area contributed by atoms with Crippen LogP contribution >= 0.6 is 27.3 Å². The van der Waals surface area contributed by atoms with Crippen LogP contribution < -0.4 is 5.32 Å². The lowest BCUT2D eigenvalue weighted by Gasteiger charge is -2.31. The van der Waals surface area contributed by atoms with E-state index in [1.165, 1.54) is 46.0 Å². The van der Waals surface area contributed by atoms with E-state index in [0.29, 0.717) is 6.54 Å². The fraction of sp³-hybridized carbons (Fsp3) is 0.222. The number of aryl methyl sites for hydroxylation is 1. The molecule has 1 atom stereocenters. The Morgan fingerprint density at radius 2 is 1.79 bits per heavy atom. The van der Waals surface area contributed by atoms with Gasteiger partial charge in [-0.05, 0) is 89.1 Å². The average Bonchev–Trinajstić information content (AvgIpc) is 3.43. The number of thiophene rings is 1. The molecule has 4 aromatic rings. The van der Waals surface area contributed by atoms with Crippen LogP contribution in [0.25, 0.3) is 5.00 Å². The van der Waals surface area contributed by atoms with Crippen molar-refractivity contribution in [2.24, 2.45) is 0 Å². The summed E-state index contributed by atoms with van der Waals surface area (Å²) < 4.78 is 16.9. The van der Waals surface area contributed by atoms with Gasteiger partial charge in [0.25, 0.3) is 0 Å². The van der Waals surface area contributed by atoms with Crippen molar-refractivity contribution in [1.82, 2.24) is 9.47 Å². The number of fused-ring (bicyclic) bond motifs is 5. The van der Waals surface area contributed by atoms with Crippen LogP contribution in [-0.4, -0.2) is 15.5 Å². The summed E-state index contributed by atoms with van der Waals surface area (Å²) in [7, 11) is 0. The largest absolute Gasteiger partial charge is 0.323 e. The summed E-state index contributed by atoms with van der Waals surface area (Å²) in [4.78, 5) is 17.2. The fourth-order valence-corrected chi connectivity index (χ4v) is 6.92. The van der Waals surface area contributed by atoms with Gasteiger partial charge in [0.1, 0.15) is 10.8 Å². The molecule has 0 spiro atoms. The van der Waals surface area contributed by atoms with Crippen molar-refractivity contribution < 1.29 is 9.18 Å². The van der Waals surface area contributed by atoms with Crippen molar-refractivity contribution in [1.29, 1.82) is 0 Å². The van der Waals surface area contributed by atoms with Gasteiger partial charge in [-0.25, -0.2) is 9.18 Å². The smallest absolute Gasteiger partial charge is 0.310 e. The Hall–Kier alpha value is -2.90. The number of rotatable bonds is 2. The highest BCUT2D eigenvalue weighted by Gasteiger charge is 2.36. The second-order valence-corrected chi connectivity index (χ2v) is 10.7. The molecule has 7 heteroatoms. The number of nitrogens with zero attached hydrogens (tertiary/aromatic N) is 2. The first kappa shape index (κ1) is 21.6. The molecule has 2 aromatic heterocycles. The van der Waals surface area contributed by atoms with Crippen LogP contribution in [0.3, 0.4) is 0 Å². The first-order valence-electron chi connectivity index (χ1n) is 11.5. The van der Waals surface area contributed by atoms with E-state index in [2.05, 4.69) is 38.1 Å². The van der Waals surface area contributed by atoms with E-state index in [4.69, 9.17) is 0 Å². The summed E-state index contributed by atoms with van der Waals surface area (Å²) in [6.45, 7) is 0.501. The number of para-hydroxylation sites is 1. The van der Waals surface area contributed by atoms with Crippen molar-refractivity contribution in [3.63, 3.8) is 0 Å². The van der Waals surface area contributed by atoms with Crippen molar-refractivity contribution >= 4 is 39.0 Å². The van der Waals surface area contributed by atoms with Crippen LogP contribution in [0.15, 0.2) is 71.3 Å². The molecule has 0 saturated carbocycles. The Kier molecular flexibility index (Phi) is 5.54. The molecule has 0 unspecified atom stereocenters. The van der Waals surface area contributed by atoms with Gasteiger partial charge in [-0.1, -0.05) is 24.3 Å². The first-order chi connectivity index (χ1) is 16.6. The van der Waals surface area contributed by atoms with Crippen molar-refractivity contribution in [3.8, 4) is 5.00 Å². The molecule has 34 heavy (non-hydrogen) atoms. The summed E-state index contributed by atoms with van der Waals surface area (Å²) in [6.07, 6.45) is 6.64. The lowest BCUT2D eigenvalue weighted by molar-refractivity contribution is 0.194. The average molecular weight is 536 g/mol. The summed E-state index contributed by atoms with van der Waals surface area (Å²) in [6, 6.07) is 17.7. The minimum Gasteiger partial charge on any atom is -0.310 e. The molecule has 2 amide bonds. The van der Waals surface area contributed by atoms with Crippen molar-refractivity contribution in [3.05, 3.63) is 104 Å². The molecule has 2 aliphatic rings. The molecular weight excluding hydrogens is 513 g/mol. The molecule has 1 N–H and O–H groups in total. The van der Waals surface area contributed by atoms with Gasteiger partial charge in [0, 0.05) is 21.1 Å². The highest BCUT2D eigenvalue weighted by Crippen LogP contribution is 2.44. The molecule has 0 radical (unpaired) electrons. The molecule has 1 aliphatic heterocycles. The number of halogens is 2. The van der Waals surface area contributed by atoms with Gasteiger partial charge in [0.05, 0.1) is 24.0 Å². The predicted octanol–water partition coefficient (Wildman–Crippen LogP) is 7.46. The normalized spacial score (nSPS) is 16.9. The lowest BCUT2D eigenvalue weighted by atomic mass is 9.95. The Labute approximate surface area is 210 Å². The lowest BCUT2D eigenvalue weighted by Crippen LogP contribution is -2.38. The molecule has 172 valence electrons. The Morgan fingerprint density at radius 3 is 2.62 bits per heavy atom. The minimum atomic E-state index is -0.350. The fourth-order valence-electron chi connectivity index (χ4n) is 5.13. The number of aromatic nitrogens is 1. The van der Waals surface area contributed by atoms with E-state index >= 15 is 0 Å². The quantitative estimate of drug-likeness (QED) is 0.284. The third kappa shape index (κ3) is 3.67. The van der Waals surface area contributed by atoms with E-state index in [9.17, 15) is 9.18 Å². The van der Waals surface area contributed by atoms with Gasteiger partial charge in [0.15, 0.2) is 0 Å². The second kappa shape index (κ2) is 8.71. The van der Waals surface area contributed by atoms with E-state index in [0.717, 1.165) is 34.3 Å². The molecule has 3 heterocycles. The Balaban J connectivity index is 1.51. The number of hydrogen-bond donors (Lipinski definition) is 1. The second-order valence-electron chi connectivity index (χ2n) is 8.79. The zero-order chi connectivity index (χ0) is 23.2. The molecule has 1 aliphatic carbocycles. The number of benzene rings is 2. The molecular formula is C27H23BrFN3OS. The standard InChI is InChI=1S/C27H23BrFN3OS/c28-21-7-2-3-8-22(21)30-27(33)32-16-20-19-6-1-4-10-24(19)34-26(20)31-15-5-9-23(31)25(32)17-11-13-18(29)14-12-17/h2-3,5,7-9,11-15,25H,1,4,6,10,16H2,(H,30,33)/t25-/m0/s1.